The van der Waals surface area contributed by atoms with Gasteiger partial charge in [-0.2, -0.15) is 4.98 Å². The van der Waals surface area contributed by atoms with Crippen LogP contribution in [0.4, 0.5) is 5.82 Å². The van der Waals surface area contributed by atoms with Crippen molar-refractivity contribution < 1.29 is 9.26 Å². The minimum absolute atomic E-state index is 0.257. The second-order valence-corrected chi connectivity index (χ2v) is 6.24. The van der Waals surface area contributed by atoms with E-state index < -0.39 is 0 Å². The molecule has 0 radical (unpaired) electrons. The van der Waals surface area contributed by atoms with Crippen molar-refractivity contribution in [1.29, 1.82) is 0 Å². The van der Waals surface area contributed by atoms with Gasteiger partial charge in [-0.25, -0.2) is 9.97 Å². The standard InChI is InChI=1S/C16H23N5O2/c1-11(2)16-19-14(20-23-16)4-6-21(3)15-8-13(17-10-18-15)12-5-7-22-9-12/h8,10-12H,4-7,9H2,1-3H3. The van der Waals surface area contributed by atoms with Crippen molar-refractivity contribution in [3.05, 3.63) is 29.8 Å². The number of ether oxygens (including phenoxy) is 1. The van der Waals surface area contributed by atoms with Crippen molar-refractivity contribution in [2.45, 2.75) is 38.5 Å². The van der Waals surface area contributed by atoms with Gasteiger partial charge in [0.1, 0.15) is 12.1 Å². The summed E-state index contributed by atoms with van der Waals surface area (Å²) in [6.45, 7) is 6.42. The van der Waals surface area contributed by atoms with Crippen LogP contribution in [-0.2, 0) is 11.2 Å². The first-order valence-electron chi connectivity index (χ1n) is 8.06. The second kappa shape index (κ2) is 7.04. The third-order valence-corrected chi connectivity index (χ3v) is 4.06. The molecule has 124 valence electrons. The summed E-state index contributed by atoms with van der Waals surface area (Å²) in [7, 11) is 2.01. The first-order chi connectivity index (χ1) is 11.1. The van der Waals surface area contributed by atoms with E-state index in [9.17, 15) is 0 Å². The van der Waals surface area contributed by atoms with E-state index >= 15 is 0 Å². The summed E-state index contributed by atoms with van der Waals surface area (Å²) in [4.78, 5) is 15.2. The molecule has 1 saturated heterocycles. The van der Waals surface area contributed by atoms with Crippen molar-refractivity contribution >= 4 is 5.82 Å². The van der Waals surface area contributed by atoms with Crippen LogP contribution in [0.25, 0.3) is 0 Å². The van der Waals surface area contributed by atoms with Gasteiger partial charge in [0.25, 0.3) is 0 Å². The highest BCUT2D eigenvalue weighted by molar-refractivity contribution is 5.38. The smallest absolute Gasteiger partial charge is 0.229 e. The molecule has 2 aromatic heterocycles. The Labute approximate surface area is 136 Å². The molecule has 0 spiro atoms. The highest BCUT2D eigenvalue weighted by Crippen LogP contribution is 2.25. The molecule has 3 heterocycles. The molecule has 1 aliphatic heterocycles. The van der Waals surface area contributed by atoms with Crippen LogP contribution in [0.2, 0.25) is 0 Å². The molecule has 1 unspecified atom stereocenters. The summed E-state index contributed by atoms with van der Waals surface area (Å²) >= 11 is 0. The topological polar surface area (TPSA) is 77.2 Å². The summed E-state index contributed by atoms with van der Waals surface area (Å²) in [5.74, 6) is 2.98. The number of anilines is 1. The SMILES string of the molecule is CC(C)c1nc(CCN(C)c2cc(C3CCOC3)ncn2)no1. The van der Waals surface area contributed by atoms with Crippen LogP contribution < -0.4 is 4.90 Å². The molecule has 2 aromatic rings. The van der Waals surface area contributed by atoms with E-state index in [1.165, 1.54) is 0 Å². The predicted octanol–water partition coefficient (Wildman–Crippen LogP) is 2.17. The molecule has 0 saturated carbocycles. The second-order valence-electron chi connectivity index (χ2n) is 6.24. The Bertz CT molecular complexity index is 637. The zero-order chi connectivity index (χ0) is 16.2. The van der Waals surface area contributed by atoms with Crippen molar-refractivity contribution in [2.75, 3.05) is 31.7 Å². The number of hydrogen-bond donors (Lipinski definition) is 0. The molecular weight excluding hydrogens is 294 g/mol. The summed E-state index contributed by atoms with van der Waals surface area (Å²) in [5, 5.41) is 4.02. The van der Waals surface area contributed by atoms with Gasteiger partial charge in [-0.15, -0.1) is 0 Å². The summed E-state index contributed by atoms with van der Waals surface area (Å²) in [6, 6.07) is 2.05. The molecule has 0 aliphatic carbocycles. The van der Waals surface area contributed by atoms with Gasteiger partial charge in [0.2, 0.25) is 5.89 Å². The van der Waals surface area contributed by atoms with Gasteiger partial charge in [-0.3, -0.25) is 0 Å². The van der Waals surface area contributed by atoms with E-state index in [0.717, 1.165) is 49.9 Å². The number of aromatic nitrogens is 4. The highest BCUT2D eigenvalue weighted by Gasteiger charge is 2.20. The normalized spacial score (nSPS) is 17.8. The van der Waals surface area contributed by atoms with Crippen molar-refractivity contribution in [3.8, 4) is 0 Å². The van der Waals surface area contributed by atoms with Crippen molar-refractivity contribution in [1.82, 2.24) is 20.1 Å². The van der Waals surface area contributed by atoms with Gasteiger partial charge < -0.3 is 14.2 Å². The molecule has 1 atom stereocenters. The molecule has 1 aliphatic rings. The van der Waals surface area contributed by atoms with Gasteiger partial charge in [-0.05, 0) is 6.42 Å². The Morgan fingerprint density at radius 2 is 2.22 bits per heavy atom. The van der Waals surface area contributed by atoms with E-state index in [4.69, 9.17) is 9.26 Å². The first-order valence-corrected chi connectivity index (χ1v) is 8.06. The van der Waals surface area contributed by atoms with Gasteiger partial charge in [0.05, 0.1) is 12.3 Å². The largest absolute Gasteiger partial charge is 0.381 e. The fourth-order valence-electron chi connectivity index (χ4n) is 2.55. The Kier molecular flexibility index (Phi) is 4.85. The zero-order valence-corrected chi connectivity index (χ0v) is 13.9. The van der Waals surface area contributed by atoms with Crippen LogP contribution >= 0.6 is 0 Å². The number of rotatable bonds is 6. The lowest BCUT2D eigenvalue weighted by molar-refractivity contribution is 0.193. The molecule has 7 nitrogen and oxygen atoms in total. The van der Waals surface area contributed by atoms with Gasteiger partial charge in [0, 0.05) is 44.5 Å². The minimum atomic E-state index is 0.257. The van der Waals surface area contributed by atoms with Crippen LogP contribution in [0.15, 0.2) is 16.9 Å². The van der Waals surface area contributed by atoms with E-state index in [0.29, 0.717) is 11.8 Å². The average Bonchev–Trinajstić information content (AvgIpc) is 3.24. The Morgan fingerprint density at radius 3 is 2.91 bits per heavy atom. The third kappa shape index (κ3) is 3.85. The van der Waals surface area contributed by atoms with Crippen molar-refractivity contribution in [3.63, 3.8) is 0 Å². The van der Waals surface area contributed by atoms with Crippen LogP contribution in [0, 0.1) is 0 Å². The summed E-state index contributed by atoms with van der Waals surface area (Å²) < 4.78 is 10.7. The minimum Gasteiger partial charge on any atom is -0.381 e. The molecule has 7 heteroatoms. The van der Waals surface area contributed by atoms with Gasteiger partial charge >= 0.3 is 0 Å². The van der Waals surface area contributed by atoms with Crippen molar-refractivity contribution in [2.24, 2.45) is 0 Å². The molecule has 0 amide bonds. The zero-order valence-electron chi connectivity index (χ0n) is 13.9. The van der Waals surface area contributed by atoms with E-state index in [1.807, 2.05) is 20.9 Å². The van der Waals surface area contributed by atoms with Crippen LogP contribution in [0.3, 0.4) is 0 Å². The lowest BCUT2D eigenvalue weighted by Gasteiger charge is -2.18. The fraction of sp³-hybridized carbons (Fsp3) is 0.625. The maximum absolute atomic E-state index is 5.44. The lowest BCUT2D eigenvalue weighted by atomic mass is 10.0. The average molecular weight is 317 g/mol. The Hall–Kier alpha value is -2.02. The summed E-state index contributed by atoms with van der Waals surface area (Å²) in [6.07, 6.45) is 3.38. The van der Waals surface area contributed by atoms with Gasteiger partial charge in [-0.1, -0.05) is 19.0 Å². The monoisotopic (exact) mass is 317 g/mol. The van der Waals surface area contributed by atoms with Crippen LogP contribution in [0.1, 0.15) is 49.5 Å². The van der Waals surface area contributed by atoms with Crippen LogP contribution in [0.5, 0.6) is 0 Å². The Balaban J connectivity index is 1.61. The van der Waals surface area contributed by atoms with E-state index in [1.54, 1.807) is 6.33 Å². The molecule has 3 rings (SSSR count). The molecule has 23 heavy (non-hydrogen) atoms. The maximum Gasteiger partial charge on any atom is 0.229 e. The summed E-state index contributed by atoms with van der Waals surface area (Å²) in [5.41, 5.74) is 1.06. The van der Waals surface area contributed by atoms with E-state index in [-0.39, 0.29) is 5.92 Å². The molecule has 0 bridgehead atoms. The maximum atomic E-state index is 5.44. The Morgan fingerprint density at radius 1 is 1.35 bits per heavy atom. The quantitative estimate of drug-likeness (QED) is 0.808. The molecular formula is C16H23N5O2. The number of likely N-dealkylation sites (N-methyl/N-ethyl adjacent to an activating group) is 1. The highest BCUT2D eigenvalue weighted by atomic mass is 16.5. The molecule has 0 N–H and O–H groups in total. The number of hydrogen-bond acceptors (Lipinski definition) is 7. The third-order valence-electron chi connectivity index (χ3n) is 4.06. The molecule has 1 fully saturated rings. The molecule has 0 aromatic carbocycles. The van der Waals surface area contributed by atoms with Gasteiger partial charge in [0.15, 0.2) is 5.82 Å². The number of nitrogens with zero attached hydrogens (tertiary/aromatic N) is 5. The fourth-order valence-corrected chi connectivity index (χ4v) is 2.55. The van der Waals surface area contributed by atoms with Crippen LogP contribution in [-0.4, -0.2) is 46.9 Å². The van der Waals surface area contributed by atoms with E-state index in [2.05, 4.69) is 31.1 Å². The predicted molar refractivity (Wildman–Crippen MR) is 85.6 cm³/mol. The first kappa shape index (κ1) is 15.9. The lowest BCUT2D eigenvalue weighted by Crippen LogP contribution is -2.22.